The monoisotopic (exact) mass is 208 g/mol. The highest BCUT2D eigenvalue weighted by atomic mass is 16.2. The Morgan fingerprint density at radius 2 is 2.27 bits per heavy atom. The van der Waals surface area contributed by atoms with Crippen molar-refractivity contribution >= 4 is 11.9 Å². The van der Waals surface area contributed by atoms with E-state index in [1.165, 1.54) is 10.9 Å². The number of amides is 2. The maximum Gasteiger partial charge on any atom is 0.329 e. The number of hydrogen-bond acceptors (Lipinski definition) is 3. The minimum atomic E-state index is -0.337. The van der Waals surface area contributed by atoms with Gasteiger partial charge in [0.1, 0.15) is 6.33 Å². The van der Waals surface area contributed by atoms with Gasteiger partial charge in [0.05, 0.1) is 5.92 Å². The lowest BCUT2D eigenvalue weighted by Crippen LogP contribution is -2.34. The van der Waals surface area contributed by atoms with Gasteiger partial charge in [-0.3, -0.25) is 9.36 Å². The fourth-order valence-electron chi connectivity index (χ4n) is 1.70. The molecule has 1 saturated heterocycles. The lowest BCUT2D eigenvalue weighted by molar-refractivity contribution is -0.121. The molecule has 2 rings (SSSR count). The number of rotatable bonds is 1. The Kier molecular flexibility index (Phi) is 2.40. The summed E-state index contributed by atoms with van der Waals surface area (Å²) in [6, 6.07) is -0.156. The minimum absolute atomic E-state index is 0.156. The van der Waals surface area contributed by atoms with Gasteiger partial charge in [-0.2, -0.15) is 0 Å². The van der Waals surface area contributed by atoms with Gasteiger partial charge < -0.3 is 10.6 Å². The van der Waals surface area contributed by atoms with E-state index in [0.717, 1.165) is 0 Å². The first-order chi connectivity index (χ1) is 7.18. The van der Waals surface area contributed by atoms with E-state index in [2.05, 4.69) is 4.98 Å². The SMILES string of the molecule is NC(=O)C1CCN(C(=O)n2ccnc2)C1. The second kappa shape index (κ2) is 3.72. The number of carbonyl (C=O) groups excluding carboxylic acids is 2. The van der Waals surface area contributed by atoms with Crippen molar-refractivity contribution in [1.82, 2.24) is 14.5 Å². The van der Waals surface area contributed by atoms with Crippen LogP contribution >= 0.6 is 0 Å². The van der Waals surface area contributed by atoms with Gasteiger partial charge in [0, 0.05) is 25.5 Å². The first kappa shape index (κ1) is 9.70. The third-order valence-corrected chi connectivity index (χ3v) is 2.59. The number of primary amides is 1. The molecule has 6 heteroatoms. The molecule has 1 fully saturated rings. The van der Waals surface area contributed by atoms with Crippen LogP contribution in [0.4, 0.5) is 4.79 Å². The highest BCUT2D eigenvalue weighted by Gasteiger charge is 2.30. The number of aromatic nitrogens is 2. The summed E-state index contributed by atoms with van der Waals surface area (Å²) < 4.78 is 1.39. The summed E-state index contributed by atoms with van der Waals surface area (Å²) in [6.07, 6.45) is 5.22. The van der Waals surface area contributed by atoms with Crippen molar-refractivity contribution in [3.05, 3.63) is 18.7 Å². The average molecular weight is 208 g/mol. The number of hydrogen-bond donors (Lipinski definition) is 1. The molecule has 0 spiro atoms. The quantitative estimate of drug-likeness (QED) is 0.685. The summed E-state index contributed by atoms with van der Waals surface area (Å²) in [4.78, 5) is 28.1. The predicted molar refractivity (Wildman–Crippen MR) is 51.9 cm³/mol. The Labute approximate surface area is 86.7 Å². The lowest BCUT2D eigenvalue weighted by atomic mass is 10.1. The maximum absolute atomic E-state index is 11.8. The van der Waals surface area contributed by atoms with Gasteiger partial charge in [-0.05, 0) is 6.42 Å². The van der Waals surface area contributed by atoms with Crippen LogP contribution in [0.25, 0.3) is 0 Å². The van der Waals surface area contributed by atoms with Gasteiger partial charge >= 0.3 is 6.03 Å². The fourth-order valence-corrected chi connectivity index (χ4v) is 1.70. The molecule has 1 aliphatic rings. The highest BCUT2D eigenvalue weighted by Crippen LogP contribution is 2.16. The molecule has 15 heavy (non-hydrogen) atoms. The predicted octanol–water partition coefficient (Wildman–Crippen LogP) is -0.342. The molecule has 1 unspecified atom stereocenters. The Morgan fingerprint density at radius 3 is 2.80 bits per heavy atom. The van der Waals surface area contributed by atoms with E-state index in [9.17, 15) is 9.59 Å². The van der Waals surface area contributed by atoms with Gasteiger partial charge in [-0.15, -0.1) is 0 Å². The molecule has 0 saturated carbocycles. The molecular weight excluding hydrogens is 196 g/mol. The summed E-state index contributed by atoms with van der Waals surface area (Å²) in [5.41, 5.74) is 5.18. The normalized spacial score (nSPS) is 20.5. The van der Waals surface area contributed by atoms with Crippen molar-refractivity contribution in [3.63, 3.8) is 0 Å². The van der Waals surface area contributed by atoms with Crippen LogP contribution in [0, 0.1) is 5.92 Å². The smallest absolute Gasteiger partial charge is 0.329 e. The lowest BCUT2D eigenvalue weighted by Gasteiger charge is -2.15. The van der Waals surface area contributed by atoms with Crippen molar-refractivity contribution in [3.8, 4) is 0 Å². The third-order valence-electron chi connectivity index (χ3n) is 2.59. The van der Waals surface area contributed by atoms with Crippen molar-refractivity contribution in [2.24, 2.45) is 11.7 Å². The summed E-state index contributed by atoms with van der Waals surface area (Å²) in [7, 11) is 0. The molecule has 2 heterocycles. The van der Waals surface area contributed by atoms with Gasteiger partial charge in [-0.25, -0.2) is 9.78 Å². The highest BCUT2D eigenvalue weighted by molar-refractivity contribution is 5.81. The van der Waals surface area contributed by atoms with Crippen LogP contribution in [-0.4, -0.2) is 39.5 Å². The van der Waals surface area contributed by atoms with E-state index in [0.29, 0.717) is 19.5 Å². The van der Waals surface area contributed by atoms with Gasteiger partial charge in [-0.1, -0.05) is 0 Å². The number of carbonyl (C=O) groups is 2. The standard InChI is InChI=1S/C9H12N4O2/c10-8(14)7-1-3-12(5-7)9(15)13-4-2-11-6-13/h2,4,6-7H,1,3,5H2,(H2,10,14). The molecule has 1 aliphatic heterocycles. The van der Waals surface area contributed by atoms with E-state index in [-0.39, 0.29) is 17.9 Å². The Morgan fingerprint density at radius 1 is 1.47 bits per heavy atom. The van der Waals surface area contributed by atoms with E-state index in [1.807, 2.05) is 0 Å². The summed E-state index contributed by atoms with van der Waals surface area (Å²) in [5.74, 6) is -0.548. The summed E-state index contributed by atoms with van der Waals surface area (Å²) in [5, 5.41) is 0. The van der Waals surface area contributed by atoms with Crippen LogP contribution in [0.2, 0.25) is 0 Å². The molecule has 1 atom stereocenters. The van der Waals surface area contributed by atoms with E-state index < -0.39 is 0 Å². The molecule has 6 nitrogen and oxygen atoms in total. The summed E-state index contributed by atoms with van der Waals surface area (Å²) >= 11 is 0. The molecule has 0 aliphatic carbocycles. The van der Waals surface area contributed by atoms with Gasteiger partial charge in [0.25, 0.3) is 0 Å². The molecule has 2 N–H and O–H groups in total. The van der Waals surface area contributed by atoms with Crippen LogP contribution in [0.1, 0.15) is 6.42 Å². The number of nitrogens with two attached hydrogens (primary N) is 1. The second-order valence-electron chi connectivity index (χ2n) is 3.59. The number of imidazole rings is 1. The average Bonchev–Trinajstić information content (AvgIpc) is 2.88. The van der Waals surface area contributed by atoms with Crippen LogP contribution in [0.15, 0.2) is 18.7 Å². The fraction of sp³-hybridized carbons (Fsp3) is 0.444. The summed E-state index contributed by atoms with van der Waals surface area (Å²) in [6.45, 7) is 0.983. The molecule has 2 amide bonds. The van der Waals surface area contributed by atoms with Crippen LogP contribution < -0.4 is 5.73 Å². The van der Waals surface area contributed by atoms with Crippen molar-refractivity contribution in [2.75, 3.05) is 13.1 Å². The van der Waals surface area contributed by atoms with Crippen LogP contribution in [-0.2, 0) is 4.79 Å². The molecular formula is C9H12N4O2. The topological polar surface area (TPSA) is 81.2 Å². The third kappa shape index (κ3) is 1.83. The van der Waals surface area contributed by atoms with Crippen molar-refractivity contribution < 1.29 is 9.59 Å². The molecule has 0 bridgehead atoms. The van der Waals surface area contributed by atoms with Crippen molar-refractivity contribution in [1.29, 1.82) is 0 Å². The molecule has 80 valence electrons. The number of likely N-dealkylation sites (tertiary alicyclic amines) is 1. The molecule has 0 aromatic carbocycles. The number of nitrogens with zero attached hydrogens (tertiary/aromatic N) is 3. The van der Waals surface area contributed by atoms with E-state index in [4.69, 9.17) is 5.73 Å². The Hall–Kier alpha value is -1.85. The van der Waals surface area contributed by atoms with Gasteiger partial charge in [0.15, 0.2) is 0 Å². The molecule has 1 aromatic heterocycles. The van der Waals surface area contributed by atoms with E-state index >= 15 is 0 Å². The Bertz CT molecular complexity index is 373. The first-order valence-corrected chi connectivity index (χ1v) is 4.75. The molecule has 0 radical (unpaired) electrons. The van der Waals surface area contributed by atoms with Crippen molar-refractivity contribution in [2.45, 2.75) is 6.42 Å². The zero-order valence-corrected chi connectivity index (χ0v) is 8.17. The second-order valence-corrected chi connectivity index (χ2v) is 3.59. The zero-order chi connectivity index (χ0) is 10.8. The molecule has 1 aromatic rings. The first-order valence-electron chi connectivity index (χ1n) is 4.75. The van der Waals surface area contributed by atoms with E-state index in [1.54, 1.807) is 17.3 Å². The van der Waals surface area contributed by atoms with Crippen LogP contribution in [0.5, 0.6) is 0 Å². The Balaban J connectivity index is 2.02. The minimum Gasteiger partial charge on any atom is -0.369 e. The van der Waals surface area contributed by atoms with Crippen LogP contribution in [0.3, 0.4) is 0 Å². The van der Waals surface area contributed by atoms with Gasteiger partial charge in [0.2, 0.25) is 5.91 Å². The zero-order valence-electron chi connectivity index (χ0n) is 8.17. The largest absolute Gasteiger partial charge is 0.369 e. The maximum atomic E-state index is 11.8.